The van der Waals surface area contributed by atoms with Crippen LogP contribution in [-0.2, 0) is 4.79 Å². The number of aromatic nitrogens is 1. The van der Waals surface area contributed by atoms with Crippen LogP contribution in [0.2, 0.25) is 0 Å². The van der Waals surface area contributed by atoms with E-state index in [9.17, 15) is 4.79 Å². The maximum absolute atomic E-state index is 12.9. The Morgan fingerprint density at radius 2 is 1.95 bits per heavy atom. The first kappa shape index (κ1) is 15.5. The fourth-order valence-corrected chi connectivity index (χ4v) is 4.19. The average molecular weight is 301 g/mol. The third-order valence-electron chi connectivity index (χ3n) is 5.25. The first-order valence-corrected chi connectivity index (χ1v) is 8.55. The molecule has 0 aromatic carbocycles. The summed E-state index contributed by atoms with van der Waals surface area (Å²) >= 11 is 0. The van der Waals surface area contributed by atoms with Crippen molar-refractivity contribution < 1.29 is 4.79 Å². The third-order valence-corrected chi connectivity index (χ3v) is 5.25. The minimum atomic E-state index is -0.148. The van der Waals surface area contributed by atoms with Gasteiger partial charge in [0.15, 0.2) is 0 Å². The summed E-state index contributed by atoms with van der Waals surface area (Å²) in [4.78, 5) is 21.9. The van der Waals surface area contributed by atoms with Crippen molar-refractivity contribution in [1.29, 1.82) is 0 Å². The van der Waals surface area contributed by atoms with Gasteiger partial charge in [0.05, 0.1) is 11.6 Å². The van der Waals surface area contributed by atoms with Crippen molar-refractivity contribution in [1.82, 2.24) is 14.8 Å². The molecule has 2 saturated heterocycles. The number of fused-ring (bicyclic) bond motifs is 2. The lowest BCUT2D eigenvalue weighted by Crippen LogP contribution is -2.45. The number of hydrogen-bond acceptors (Lipinski definition) is 3. The van der Waals surface area contributed by atoms with Crippen LogP contribution in [0.4, 0.5) is 0 Å². The van der Waals surface area contributed by atoms with Gasteiger partial charge in [-0.1, -0.05) is 6.07 Å². The monoisotopic (exact) mass is 301 g/mol. The Kier molecular flexibility index (Phi) is 4.48. The van der Waals surface area contributed by atoms with Crippen LogP contribution >= 0.6 is 0 Å². The van der Waals surface area contributed by atoms with E-state index in [0.717, 1.165) is 25.2 Å². The van der Waals surface area contributed by atoms with Gasteiger partial charge in [-0.25, -0.2) is 0 Å². The summed E-state index contributed by atoms with van der Waals surface area (Å²) in [6.07, 6.45) is 5.39. The van der Waals surface area contributed by atoms with E-state index in [1.165, 1.54) is 12.8 Å². The smallest absolute Gasteiger partial charge is 0.231 e. The zero-order valence-electron chi connectivity index (χ0n) is 13.9. The Morgan fingerprint density at radius 3 is 2.64 bits per heavy atom. The second kappa shape index (κ2) is 6.37. The Labute approximate surface area is 133 Å². The Balaban J connectivity index is 1.72. The highest BCUT2D eigenvalue weighted by Crippen LogP contribution is 2.32. The molecule has 22 heavy (non-hydrogen) atoms. The van der Waals surface area contributed by atoms with Gasteiger partial charge in [-0.15, -0.1) is 0 Å². The highest BCUT2D eigenvalue weighted by Gasteiger charge is 2.40. The summed E-state index contributed by atoms with van der Waals surface area (Å²) < 4.78 is 0. The molecule has 3 heterocycles. The Hall–Kier alpha value is -1.42. The van der Waals surface area contributed by atoms with Crippen molar-refractivity contribution in [3.05, 3.63) is 30.1 Å². The summed E-state index contributed by atoms with van der Waals surface area (Å²) in [7, 11) is 0. The van der Waals surface area contributed by atoms with E-state index < -0.39 is 0 Å². The van der Waals surface area contributed by atoms with Gasteiger partial charge in [0.25, 0.3) is 0 Å². The zero-order chi connectivity index (χ0) is 15.7. The fraction of sp³-hybridized carbons (Fsp3) is 0.667. The van der Waals surface area contributed by atoms with E-state index in [2.05, 4.69) is 28.6 Å². The van der Waals surface area contributed by atoms with Gasteiger partial charge in [0.1, 0.15) is 0 Å². The molecular weight excluding hydrogens is 274 g/mol. The second-order valence-corrected chi connectivity index (χ2v) is 6.98. The van der Waals surface area contributed by atoms with Crippen molar-refractivity contribution in [3.63, 3.8) is 0 Å². The standard InChI is InChI=1S/C18H27N3O/c1-13(2)21-15-7-8-16(21)12-20(11-9-15)18(22)14(3)17-6-4-5-10-19-17/h4-6,10,13-16H,7-9,11-12H2,1-3H3. The second-order valence-electron chi connectivity index (χ2n) is 6.98. The van der Waals surface area contributed by atoms with Crippen LogP contribution in [0.1, 0.15) is 51.6 Å². The molecule has 1 aromatic rings. The number of pyridine rings is 1. The third kappa shape index (κ3) is 2.89. The first-order chi connectivity index (χ1) is 10.6. The predicted molar refractivity (Wildman–Crippen MR) is 87.6 cm³/mol. The van der Waals surface area contributed by atoms with E-state index in [4.69, 9.17) is 0 Å². The summed E-state index contributed by atoms with van der Waals surface area (Å²) in [5, 5.41) is 0. The van der Waals surface area contributed by atoms with Gasteiger partial charge in [-0.3, -0.25) is 14.7 Å². The molecule has 4 heteroatoms. The van der Waals surface area contributed by atoms with Crippen LogP contribution in [0.3, 0.4) is 0 Å². The maximum atomic E-state index is 12.9. The molecule has 2 aliphatic rings. The molecule has 3 rings (SSSR count). The normalized spacial score (nSPS) is 27.0. The molecule has 1 amide bonds. The number of amides is 1. The van der Waals surface area contributed by atoms with Crippen molar-refractivity contribution in [2.45, 2.75) is 64.1 Å². The average Bonchev–Trinajstić information content (AvgIpc) is 2.81. The van der Waals surface area contributed by atoms with Gasteiger partial charge in [0, 0.05) is 37.4 Å². The molecule has 3 atom stereocenters. The highest BCUT2D eigenvalue weighted by atomic mass is 16.2. The number of nitrogens with zero attached hydrogens (tertiary/aromatic N) is 3. The van der Waals surface area contributed by atoms with Crippen molar-refractivity contribution >= 4 is 5.91 Å². The number of carbonyl (C=O) groups is 1. The molecule has 2 aliphatic heterocycles. The van der Waals surface area contributed by atoms with Crippen LogP contribution in [0.25, 0.3) is 0 Å². The molecule has 0 spiro atoms. The quantitative estimate of drug-likeness (QED) is 0.861. The number of likely N-dealkylation sites (tertiary alicyclic amines) is 1. The topological polar surface area (TPSA) is 36.4 Å². The maximum Gasteiger partial charge on any atom is 0.231 e. The molecule has 0 aliphatic carbocycles. The molecular formula is C18H27N3O. The highest BCUT2D eigenvalue weighted by molar-refractivity contribution is 5.83. The van der Waals surface area contributed by atoms with Crippen LogP contribution in [-0.4, -0.2) is 51.9 Å². The van der Waals surface area contributed by atoms with E-state index in [-0.39, 0.29) is 11.8 Å². The van der Waals surface area contributed by atoms with Crippen LogP contribution in [0, 0.1) is 0 Å². The van der Waals surface area contributed by atoms with Gasteiger partial charge >= 0.3 is 0 Å². The lowest BCUT2D eigenvalue weighted by molar-refractivity contribution is -0.132. The Bertz CT molecular complexity index is 516. The molecule has 2 bridgehead atoms. The van der Waals surface area contributed by atoms with Crippen molar-refractivity contribution in [2.75, 3.05) is 13.1 Å². The van der Waals surface area contributed by atoms with E-state index in [0.29, 0.717) is 18.1 Å². The van der Waals surface area contributed by atoms with Crippen LogP contribution < -0.4 is 0 Å². The summed E-state index contributed by atoms with van der Waals surface area (Å²) in [6, 6.07) is 7.57. The number of hydrogen-bond donors (Lipinski definition) is 0. The zero-order valence-corrected chi connectivity index (χ0v) is 13.9. The summed E-state index contributed by atoms with van der Waals surface area (Å²) in [5.74, 6) is 0.0836. The summed E-state index contributed by atoms with van der Waals surface area (Å²) in [5.41, 5.74) is 0.877. The lowest BCUT2D eigenvalue weighted by atomic mass is 10.0. The van der Waals surface area contributed by atoms with Crippen LogP contribution in [0.15, 0.2) is 24.4 Å². The molecule has 120 valence electrons. The summed E-state index contributed by atoms with van der Waals surface area (Å²) in [6.45, 7) is 8.30. The van der Waals surface area contributed by atoms with Crippen LogP contribution in [0.5, 0.6) is 0 Å². The molecule has 0 radical (unpaired) electrons. The van der Waals surface area contributed by atoms with E-state index in [1.54, 1.807) is 6.20 Å². The van der Waals surface area contributed by atoms with Gasteiger partial charge < -0.3 is 4.90 Å². The van der Waals surface area contributed by atoms with Gasteiger partial charge in [0.2, 0.25) is 5.91 Å². The van der Waals surface area contributed by atoms with Gasteiger partial charge in [-0.2, -0.15) is 0 Å². The minimum absolute atomic E-state index is 0.148. The largest absolute Gasteiger partial charge is 0.341 e. The van der Waals surface area contributed by atoms with E-state index >= 15 is 0 Å². The van der Waals surface area contributed by atoms with E-state index in [1.807, 2.05) is 25.1 Å². The SMILES string of the molecule is CC(C(=O)N1CCC2CCC(C1)N2C(C)C)c1ccccn1. The van der Waals surface area contributed by atoms with Crippen molar-refractivity contribution in [3.8, 4) is 0 Å². The van der Waals surface area contributed by atoms with Gasteiger partial charge in [-0.05, 0) is 52.2 Å². The Morgan fingerprint density at radius 1 is 1.18 bits per heavy atom. The molecule has 0 saturated carbocycles. The predicted octanol–water partition coefficient (Wildman–Crippen LogP) is 2.66. The molecule has 2 fully saturated rings. The first-order valence-electron chi connectivity index (χ1n) is 8.55. The number of carbonyl (C=O) groups excluding carboxylic acids is 1. The van der Waals surface area contributed by atoms with Crippen molar-refractivity contribution in [2.24, 2.45) is 0 Å². The molecule has 1 aromatic heterocycles. The minimum Gasteiger partial charge on any atom is -0.341 e. The fourth-order valence-electron chi connectivity index (χ4n) is 4.19. The number of rotatable bonds is 3. The molecule has 4 nitrogen and oxygen atoms in total. The molecule has 3 unspecified atom stereocenters. The lowest BCUT2D eigenvalue weighted by Gasteiger charge is -2.32. The molecule has 0 N–H and O–H groups in total.